The van der Waals surface area contributed by atoms with Gasteiger partial charge in [0.2, 0.25) is 5.91 Å². The molecular formula is C20H20N2O2. The number of H-pyrrole nitrogens is 1. The number of rotatable bonds is 4. The Morgan fingerprint density at radius 2 is 2.12 bits per heavy atom. The molecular weight excluding hydrogens is 300 g/mol. The number of aryl methyl sites for hydroxylation is 1. The number of benzene rings is 1. The van der Waals surface area contributed by atoms with Crippen LogP contribution in [0.1, 0.15) is 36.5 Å². The summed E-state index contributed by atoms with van der Waals surface area (Å²) in [5.74, 6) is 2.84. The Hall–Kier alpha value is -2.75. The first-order valence-electron chi connectivity index (χ1n) is 8.26. The van der Waals surface area contributed by atoms with Crippen LogP contribution in [0.4, 0.5) is 5.69 Å². The summed E-state index contributed by atoms with van der Waals surface area (Å²) in [6.07, 6.45) is 4.41. The van der Waals surface area contributed by atoms with E-state index >= 15 is 0 Å². The molecule has 1 aromatic carbocycles. The maximum absolute atomic E-state index is 12.1. The second-order valence-corrected chi connectivity index (χ2v) is 6.64. The van der Waals surface area contributed by atoms with Crippen molar-refractivity contribution < 1.29 is 9.21 Å². The van der Waals surface area contributed by atoms with E-state index in [4.69, 9.17) is 4.42 Å². The molecule has 3 aromatic rings. The number of carbonyl (C=O) groups is 1. The molecule has 24 heavy (non-hydrogen) atoms. The van der Waals surface area contributed by atoms with E-state index in [2.05, 4.69) is 23.3 Å². The molecule has 1 aliphatic carbocycles. The van der Waals surface area contributed by atoms with Crippen LogP contribution in [0, 0.1) is 12.8 Å². The average Bonchev–Trinajstić information content (AvgIpc) is 2.97. The highest BCUT2D eigenvalue weighted by atomic mass is 16.3. The minimum absolute atomic E-state index is 0.167. The lowest BCUT2D eigenvalue weighted by atomic mass is 10.2. The molecule has 0 bridgehead atoms. The Labute approximate surface area is 140 Å². The van der Waals surface area contributed by atoms with E-state index in [0.717, 1.165) is 33.8 Å². The van der Waals surface area contributed by atoms with Crippen LogP contribution in [0.15, 0.2) is 46.9 Å². The molecule has 2 heterocycles. The monoisotopic (exact) mass is 320 g/mol. The molecule has 122 valence electrons. The fourth-order valence-electron chi connectivity index (χ4n) is 3.07. The Balaban J connectivity index is 1.42. The normalized spacial score (nSPS) is 19.9. The van der Waals surface area contributed by atoms with Gasteiger partial charge in [-0.25, -0.2) is 0 Å². The van der Waals surface area contributed by atoms with Crippen molar-refractivity contribution in [2.45, 2.75) is 26.2 Å². The van der Waals surface area contributed by atoms with E-state index in [-0.39, 0.29) is 5.91 Å². The predicted octanol–water partition coefficient (Wildman–Crippen LogP) is 4.84. The van der Waals surface area contributed by atoms with Gasteiger partial charge in [0.15, 0.2) is 0 Å². The first kappa shape index (κ1) is 14.8. The summed E-state index contributed by atoms with van der Waals surface area (Å²) in [5, 5.41) is 3.97. The fraction of sp³-hybridized carbons (Fsp3) is 0.250. The molecule has 1 amide bonds. The van der Waals surface area contributed by atoms with Gasteiger partial charge in [-0.3, -0.25) is 4.79 Å². The predicted molar refractivity (Wildman–Crippen MR) is 95.9 cm³/mol. The molecule has 2 N–H and O–H groups in total. The zero-order valence-electron chi connectivity index (χ0n) is 13.8. The highest BCUT2D eigenvalue weighted by Gasteiger charge is 2.36. The standard InChI is InChI=1S/C20H20N2O2/c1-12-9-17(12)19-7-4-16(24-19)5-8-20(23)22-15-3-6-18-14(11-15)10-13(2)21-18/h3-8,10-12,17,21H,9H2,1-2H3,(H,22,23). The molecule has 0 spiro atoms. The lowest BCUT2D eigenvalue weighted by Gasteiger charge is -2.01. The Kier molecular flexibility index (Phi) is 3.53. The minimum atomic E-state index is -0.167. The van der Waals surface area contributed by atoms with Gasteiger partial charge in [0.25, 0.3) is 0 Å². The lowest BCUT2D eigenvalue weighted by Crippen LogP contribution is -2.07. The smallest absolute Gasteiger partial charge is 0.248 e. The summed E-state index contributed by atoms with van der Waals surface area (Å²) in [5.41, 5.74) is 2.95. The summed E-state index contributed by atoms with van der Waals surface area (Å²) in [4.78, 5) is 15.4. The summed E-state index contributed by atoms with van der Waals surface area (Å²) in [6, 6.07) is 11.8. The average molecular weight is 320 g/mol. The molecule has 0 radical (unpaired) electrons. The fourth-order valence-corrected chi connectivity index (χ4v) is 3.07. The molecule has 2 atom stereocenters. The summed E-state index contributed by atoms with van der Waals surface area (Å²) in [6.45, 7) is 4.24. The van der Waals surface area contributed by atoms with Crippen LogP contribution < -0.4 is 5.32 Å². The van der Waals surface area contributed by atoms with E-state index in [1.807, 2.05) is 37.3 Å². The summed E-state index contributed by atoms with van der Waals surface area (Å²) < 4.78 is 5.77. The minimum Gasteiger partial charge on any atom is -0.461 e. The number of hydrogen-bond acceptors (Lipinski definition) is 2. The van der Waals surface area contributed by atoms with Gasteiger partial charge in [-0.15, -0.1) is 0 Å². The number of furan rings is 1. The number of aromatic amines is 1. The van der Waals surface area contributed by atoms with Gasteiger partial charge in [-0.05, 0) is 61.7 Å². The molecule has 1 aliphatic rings. The van der Waals surface area contributed by atoms with Gasteiger partial charge in [-0.2, -0.15) is 0 Å². The van der Waals surface area contributed by atoms with Gasteiger partial charge < -0.3 is 14.7 Å². The third kappa shape index (κ3) is 3.00. The zero-order valence-corrected chi connectivity index (χ0v) is 13.8. The molecule has 2 unspecified atom stereocenters. The van der Waals surface area contributed by atoms with Crippen molar-refractivity contribution in [2.75, 3.05) is 5.32 Å². The Morgan fingerprint density at radius 3 is 2.92 bits per heavy atom. The Bertz CT molecular complexity index is 932. The van der Waals surface area contributed by atoms with E-state index in [1.54, 1.807) is 6.08 Å². The second-order valence-electron chi connectivity index (χ2n) is 6.64. The number of amides is 1. The number of anilines is 1. The molecule has 0 aliphatic heterocycles. The first-order valence-corrected chi connectivity index (χ1v) is 8.26. The number of nitrogens with one attached hydrogen (secondary N) is 2. The molecule has 4 rings (SSSR count). The lowest BCUT2D eigenvalue weighted by molar-refractivity contribution is -0.111. The summed E-state index contributed by atoms with van der Waals surface area (Å²) in [7, 11) is 0. The third-order valence-electron chi connectivity index (χ3n) is 4.54. The van der Waals surface area contributed by atoms with Crippen molar-refractivity contribution in [3.8, 4) is 0 Å². The first-order chi connectivity index (χ1) is 11.6. The van der Waals surface area contributed by atoms with Crippen molar-refractivity contribution in [1.82, 2.24) is 4.98 Å². The molecule has 2 aromatic heterocycles. The van der Waals surface area contributed by atoms with Crippen molar-refractivity contribution in [2.24, 2.45) is 5.92 Å². The quantitative estimate of drug-likeness (QED) is 0.675. The SMILES string of the molecule is Cc1cc2cc(NC(=O)C=Cc3ccc(C4CC4C)o3)ccc2[nH]1. The van der Waals surface area contributed by atoms with E-state index in [0.29, 0.717) is 11.8 Å². The zero-order chi connectivity index (χ0) is 16.7. The third-order valence-corrected chi connectivity index (χ3v) is 4.54. The van der Waals surface area contributed by atoms with Crippen molar-refractivity contribution >= 4 is 28.6 Å². The van der Waals surface area contributed by atoms with Gasteiger partial charge in [-0.1, -0.05) is 6.92 Å². The topological polar surface area (TPSA) is 58.0 Å². The highest BCUT2D eigenvalue weighted by molar-refractivity contribution is 6.02. The van der Waals surface area contributed by atoms with Crippen LogP contribution in [0.3, 0.4) is 0 Å². The van der Waals surface area contributed by atoms with Gasteiger partial charge in [0, 0.05) is 34.3 Å². The molecule has 1 saturated carbocycles. The number of hydrogen-bond donors (Lipinski definition) is 2. The van der Waals surface area contributed by atoms with E-state index in [1.165, 1.54) is 12.5 Å². The largest absolute Gasteiger partial charge is 0.461 e. The van der Waals surface area contributed by atoms with Crippen LogP contribution >= 0.6 is 0 Å². The van der Waals surface area contributed by atoms with Gasteiger partial charge >= 0.3 is 0 Å². The van der Waals surface area contributed by atoms with E-state index in [9.17, 15) is 4.79 Å². The van der Waals surface area contributed by atoms with Crippen LogP contribution in [0.2, 0.25) is 0 Å². The number of carbonyl (C=O) groups excluding carboxylic acids is 1. The molecule has 0 saturated heterocycles. The van der Waals surface area contributed by atoms with Crippen molar-refractivity contribution in [1.29, 1.82) is 0 Å². The maximum atomic E-state index is 12.1. The second kappa shape index (κ2) is 5.71. The van der Waals surface area contributed by atoms with Crippen LogP contribution in [-0.4, -0.2) is 10.9 Å². The Morgan fingerprint density at radius 1 is 1.29 bits per heavy atom. The van der Waals surface area contributed by atoms with E-state index < -0.39 is 0 Å². The highest BCUT2D eigenvalue weighted by Crippen LogP contribution is 2.47. The van der Waals surface area contributed by atoms with Crippen LogP contribution in [0.25, 0.3) is 17.0 Å². The molecule has 4 nitrogen and oxygen atoms in total. The van der Waals surface area contributed by atoms with Crippen LogP contribution in [-0.2, 0) is 4.79 Å². The van der Waals surface area contributed by atoms with Gasteiger partial charge in [0.1, 0.15) is 11.5 Å². The maximum Gasteiger partial charge on any atom is 0.248 e. The van der Waals surface area contributed by atoms with Crippen molar-refractivity contribution in [3.63, 3.8) is 0 Å². The van der Waals surface area contributed by atoms with Crippen molar-refractivity contribution in [3.05, 3.63) is 59.7 Å². The summed E-state index contributed by atoms with van der Waals surface area (Å²) >= 11 is 0. The van der Waals surface area contributed by atoms with Gasteiger partial charge in [0.05, 0.1) is 0 Å². The molecule has 4 heteroatoms. The van der Waals surface area contributed by atoms with Crippen LogP contribution in [0.5, 0.6) is 0 Å². The number of aromatic nitrogens is 1. The number of fused-ring (bicyclic) bond motifs is 1. The molecule has 1 fully saturated rings.